The van der Waals surface area contributed by atoms with Crippen molar-refractivity contribution < 1.29 is 13.2 Å². The van der Waals surface area contributed by atoms with Gasteiger partial charge in [-0.2, -0.15) is 18.4 Å². The molecule has 0 saturated carbocycles. The van der Waals surface area contributed by atoms with Crippen molar-refractivity contribution in [2.45, 2.75) is 38.9 Å². The van der Waals surface area contributed by atoms with Crippen LogP contribution in [0.3, 0.4) is 0 Å². The summed E-state index contributed by atoms with van der Waals surface area (Å²) in [5.41, 5.74) is 4.19. The lowest BCUT2D eigenvalue weighted by Crippen LogP contribution is -2.31. The van der Waals surface area contributed by atoms with Crippen molar-refractivity contribution in [2.24, 2.45) is 5.41 Å². The highest BCUT2D eigenvalue weighted by Crippen LogP contribution is 2.43. The summed E-state index contributed by atoms with van der Waals surface area (Å²) in [6, 6.07) is 9.91. The van der Waals surface area contributed by atoms with E-state index in [0.29, 0.717) is 10.5 Å². The van der Waals surface area contributed by atoms with Crippen LogP contribution in [-0.2, 0) is 13.0 Å². The molecule has 3 aromatic heterocycles. The summed E-state index contributed by atoms with van der Waals surface area (Å²) in [6.45, 7) is 6.66. The maximum absolute atomic E-state index is 12.9. The number of alkyl halides is 3. The summed E-state index contributed by atoms with van der Waals surface area (Å²) in [4.78, 5) is 17.5. The van der Waals surface area contributed by atoms with Crippen LogP contribution in [0.5, 0.6) is 0 Å². The molecule has 36 heavy (non-hydrogen) atoms. The molecule has 186 valence electrons. The first kappa shape index (κ1) is 23.3. The molecule has 4 aromatic rings. The molecule has 1 aromatic carbocycles. The molecule has 1 unspecified atom stereocenters. The van der Waals surface area contributed by atoms with E-state index >= 15 is 0 Å². The first-order valence-electron chi connectivity index (χ1n) is 12.0. The van der Waals surface area contributed by atoms with Crippen LogP contribution in [0.1, 0.15) is 34.5 Å². The summed E-state index contributed by atoms with van der Waals surface area (Å²) >= 11 is 1.10. The molecule has 0 aliphatic carbocycles. The first-order chi connectivity index (χ1) is 17.2. The van der Waals surface area contributed by atoms with Crippen molar-refractivity contribution in [1.29, 1.82) is 5.26 Å². The van der Waals surface area contributed by atoms with Gasteiger partial charge in [0.1, 0.15) is 28.7 Å². The topological polar surface area (TPSA) is 71.8 Å². The van der Waals surface area contributed by atoms with E-state index in [2.05, 4.69) is 49.9 Å². The van der Waals surface area contributed by atoms with Gasteiger partial charge in [0, 0.05) is 47.4 Å². The number of thiophene rings is 1. The summed E-state index contributed by atoms with van der Waals surface area (Å²) < 4.78 is 38.8. The highest BCUT2D eigenvalue weighted by atomic mass is 32.1. The lowest BCUT2D eigenvalue weighted by molar-refractivity contribution is -0.126. The number of likely N-dealkylation sites (tertiary alicyclic amines) is 1. The maximum Gasteiger partial charge on any atom is 0.393 e. The molecule has 2 fully saturated rings. The van der Waals surface area contributed by atoms with Crippen molar-refractivity contribution in [3.8, 4) is 6.07 Å². The van der Waals surface area contributed by atoms with Gasteiger partial charge in [-0.3, -0.25) is 4.90 Å². The molecule has 0 amide bonds. The molecule has 0 radical (unpaired) electrons. The van der Waals surface area contributed by atoms with Gasteiger partial charge in [-0.25, -0.2) is 9.97 Å². The molecule has 6 rings (SSSR count). The summed E-state index contributed by atoms with van der Waals surface area (Å²) in [5, 5.41) is 11.0. The molecular formula is C26H25F3N6S. The minimum absolute atomic E-state index is 0.155. The lowest BCUT2D eigenvalue weighted by atomic mass is 9.86. The van der Waals surface area contributed by atoms with Gasteiger partial charge in [-0.15, -0.1) is 11.3 Å². The number of halogens is 3. The van der Waals surface area contributed by atoms with Crippen molar-refractivity contribution in [1.82, 2.24) is 19.9 Å². The minimum Gasteiger partial charge on any atom is -0.355 e. The molecule has 1 atom stereocenters. The fourth-order valence-corrected chi connectivity index (χ4v) is 6.93. The Morgan fingerprint density at radius 2 is 1.97 bits per heavy atom. The van der Waals surface area contributed by atoms with Gasteiger partial charge in [0.25, 0.3) is 0 Å². The predicted octanol–water partition coefficient (Wildman–Crippen LogP) is 5.56. The standard InChI is InChI=1S/C26H25F3N6S/c1-16-17(2-3-22-20(16)8-18(11-30)33-22)12-34-6-4-25(13-34)5-7-35(14-25)23-21-9-19(10-26(27,28)29)36-24(21)32-15-31-23/h2-3,8-9,15,33H,4-7,10,12-14H2,1H3. The summed E-state index contributed by atoms with van der Waals surface area (Å²) in [5.74, 6) is 0.752. The highest BCUT2D eigenvalue weighted by Gasteiger charge is 2.44. The lowest BCUT2D eigenvalue weighted by Gasteiger charge is -2.25. The van der Waals surface area contributed by atoms with Crippen LogP contribution in [0.4, 0.5) is 19.0 Å². The number of nitrogens with one attached hydrogen (secondary N) is 1. The Bertz CT molecular complexity index is 1500. The molecule has 2 aliphatic heterocycles. The van der Waals surface area contributed by atoms with Crippen LogP contribution in [-0.4, -0.2) is 52.2 Å². The second-order valence-corrected chi connectivity index (χ2v) is 11.3. The van der Waals surface area contributed by atoms with E-state index in [1.165, 1.54) is 17.5 Å². The molecule has 10 heteroatoms. The van der Waals surface area contributed by atoms with E-state index < -0.39 is 12.6 Å². The van der Waals surface area contributed by atoms with Crippen molar-refractivity contribution in [3.63, 3.8) is 0 Å². The van der Waals surface area contributed by atoms with Gasteiger partial charge in [0.05, 0.1) is 11.8 Å². The Labute approximate surface area is 210 Å². The Morgan fingerprint density at radius 1 is 1.14 bits per heavy atom. The number of aryl methyl sites for hydroxylation is 1. The number of H-pyrrole nitrogens is 1. The van der Waals surface area contributed by atoms with E-state index in [9.17, 15) is 18.4 Å². The zero-order valence-electron chi connectivity index (χ0n) is 19.8. The first-order valence-corrected chi connectivity index (χ1v) is 12.8. The normalized spacial score (nSPS) is 20.8. The van der Waals surface area contributed by atoms with Crippen molar-refractivity contribution >= 4 is 38.3 Å². The second kappa shape index (κ2) is 8.46. The fourth-order valence-electron chi connectivity index (χ4n) is 5.91. The summed E-state index contributed by atoms with van der Waals surface area (Å²) in [7, 11) is 0. The van der Waals surface area contributed by atoms with Crippen molar-refractivity contribution in [2.75, 3.05) is 31.1 Å². The molecule has 1 N–H and O–H groups in total. The van der Waals surface area contributed by atoms with Crippen LogP contribution in [0.15, 0.2) is 30.6 Å². The molecule has 0 bridgehead atoms. The molecular weight excluding hydrogens is 485 g/mol. The number of nitrogens with zero attached hydrogens (tertiary/aromatic N) is 5. The third-order valence-corrected chi connectivity index (χ3v) is 8.73. The number of aromatic nitrogens is 3. The molecule has 2 aliphatic rings. The smallest absolute Gasteiger partial charge is 0.355 e. The number of nitriles is 1. The van der Waals surface area contributed by atoms with Gasteiger partial charge < -0.3 is 9.88 Å². The molecule has 5 heterocycles. The van der Waals surface area contributed by atoms with E-state index in [-0.39, 0.29) is 10.3 Å². The van der Waals surface area contributed by atoms with E-state index in [0.717, 1.165) is 79.0 Å². The number of hydrogen-bond acceptors (Lipinski definition) is 6. The van der Waals surface area contributed by atoms with Crippen molar-refractivity contribution in [3.05, 3.63) is 52.3 Å². The number of benzene rings is 1. The van der Waals surface area contributed by atoms with Gasteiger partial charge in [0.2, 0.25) is 0 Å². The number of anilines is 1. The van der Waals surface area contributed by atoms with Crippen LogP contribution in [0, 0.1) is 23.7 Å². The SMILES string of the molecule is Cc1c(CN2CCC3(CCN(c4ncnc5sc(CC(F)(F)F)cc45)C3)C2)ccc2[nH]c(C#N)cc12. The van der Waals surface area contributed by atoms with E-state index in [1.54, 1.807) is 6.07 Å². The average Bonchev–Trinajstić information content (AvgIpc) is 3.60. The zero-order valence-corrected chi connectivity index (χ0v) is 20.6. The second-order valence-electron chi connectivity index (χ2n) is 10.2. The maximum atomic E-state index is 12.9. The number of hydrogen-bond donors (Lipinski definition) is 1. The average molecular weight is 511 g/mol. The minimum atomic E-state index is -4.23. The Hall–Kier alpha value is -3.16. The fraction of sp³-hybridized carbons (Fsp3) is 0.423. The molecule has 2 saturated heterocycles. The van der Waals surface area contributed by atoms with Crippen LogP contribution >= 0.6 is 11.3 Å². The number of rotatable bonds is 4. The third kappa shape index (κ3) is 4.20. The highest BCUT2D eigenvalue weighted by molar-refractivity contribution is 7.18. The number of fused-ring (bicyclic) bond motifs is 2. The van der Waals surface area contributed by atoms with Gasteiger partial charge >= 0.3 is 6.18 Å². The zero-order chi connectivity index (χ0) is 25.1. The monoisotopic (exact) mass is 510 g/mol. The Kier molecular flexibility index (Phi) is 5.46. The summed E-state index contributed by atoms with van der Waals surface area (Å²) in [6.07, 6.45) is -1.57. The van der Waals surface area contributed by atoms with Crippen LogP contribution in [0.25, 0.3) is 21.1 Å². The van der Waals surface area contributed by atoms with Gasteiger partial charge in [-0.1, -0.05) is 6.07 Å². The predicted molar refractivity (Wildman–Crippen MR) is 134 cm³/mol. The van der Waals surface area contributed by atoms with Gasteiger partial charge in [-0.05, 0) is 55.6 Å². The third-order valence-electron chi connectivity index (χ3n) is 7.69. The van der Waals surface area contributed by atoms with Gasteiger partial charge in [0.15, 0.2) is 0 Å². The Morgan fingerprint density at radius 3 is 2.78 bits per heavy atom. The molecule has 1 spiro atoms. The van der Waals surface area contributed by atoms with Crippen LogP contribution in [0.2, 0.25) is 0 Å². The number of aromatic amines is 1. The quantitative estimate of drug-likeness (QED) is 0.389. The largest absolute Gasteiger partial charge is 0.393 e. The van der Waals surface area contributed by atoms with E-state index in [1.807, 2.05) is 6.07 Å². The Balaban J connectivity index is 1.18. The molecule has 6 nitrogen and oxygen atoms in total. The van der Waals surface area contributed by atoms with E-state index in [4.69, 9.17) is 0 Å². The van der Waals surface area contributed by atoms with Crippen LogP contribution < -0.4 is 4.90 Å².